The fourth-order valence-electron chi connectivity index (χ4n) is 0.390. The van der Waals surface area contributed by atoms with Crippen molar-refractivity contribution in [2.75, 3.05) is 19.8 Å². The molecule has 0 aromatic carbocycles. The molecular weight excluding hydrogens is 166 g/mol. The summed E-state index contributed by atoms with van der Waals surface area (Å²) in [4.78, 5) is 20.7. The maximum Gasteiger partial charge on any atom is 0.421 e. The van der Waals surface area contributed by atoms with Gasteiger partial charge in [0.1, 0.15) is 13.2 Å². The molecule has 0 aliphatic rings. The fraction of sp³-hybridized carbons (Fsp3) is 0.600. The Morgan fingerprint density at radius 2 is 1.83 bits per heavy atom. The van der Waals surface area contributed by atoms with Crippen molar-refractivity contribution in [2.45, 2.75) is 0 Å². The van der Waals surface area contributed by atoms with E-state index in [1.54, 1.807) is 5.43 Å². The molecule has 0 rings (SSSR count). The van der Waals surface area contributed by atoms with Gasteiger partial charge < -0.3 is 15.2 Å². The molecule has 0 saturated heterocycles. The van der Waals surface area contributed by atoms with E-state index in [0.717, 1.165) is 0 Å². The molecule has 0 atom stereocenters. The number of rotatable bonds is 4. The number of nitrogens with two attached hydrogens (primary N) is 2. The molecule has 7 heteroatoms. The van der Waals surface area contributed by atoms with Gasteiger partial charge in [0.15, 0.2) is 0 Å². The van der Waals surface area contributed by atoms with Crippen LogP contribution in [0.15, 0.2) is 0 Å². The van der Waals surface area contributed by atoms with Crippen molar-refractivity contribution < 1.29 is 19.1 Å². The topological polar surface area (TPSA) is 117 Å². The van der Waals surface area contributed by atoms with Crippen molar-refractivity contribution in [2.24, 2.45) is 11.6 Å². The first-order valence-corrected chi connectivity index (χ1v) is 3.19. The molecule has 0 aliphatic carbocycles. The summed E-state index contributed by atoms with van der Waals surface area (Å²) < 4.78 is 8.87. The van der Waals surface area contributed by atoms with E-state index in [1.807, 2.05) is 0 Å². The second-order valence-electron chi connectivity index (χ2n) is 1.70. The Kier molecular flexibility index (Phi) is 5.66. The average Bonchev–Trinajstić information content (AvgIpc) is 2.11. The molecule has 0 aromatic rings. The van der Waals surface area contributed by atoms with Crippen LogP contribution in [0.1, 0.15) is 0 Å². The smallest absolute Gasteiger partial charge is 0.421 e. The SMILES string of the molecule is NCC(=O)OCCOC(=O)NN. The highest BCUT2D eigenvalue weighted by atomic mass is 16.6. The summed E-state index contributed by atoms with van der Waals surface area (Å²) in [6.07, 6.45) is -0.779. The summed E-state index contributed by atoms with van der Waals surface area (Å²) in [7, 11) is 0. The Morgan fingerprint density at radius 3 is 2.33 bits per heavy atom. The molecule has 0 unspecified atom stereocenters. The molecule has 12 heavy (non-hydrogen) atoms. The number of nitrogens with one attached hydrogen (secondary N) is 1. The maximum atomic E-state index is 10.4. The monoisotopic (exact) mass is 177 g/mol. The van der Waals surface area contributed by atoms with Gasteiger partial charge in [-0.25, -0.2) is 10.6 Å². The lowest BCUT2D eigenvalue weighted by atomic mass is 10.7. The molecule has 0 aliphatic heterocycles. The number of esters is 1. The van der Waals surface area contributed by atoms with Crippen LogP contribution < -0.4 is 17.0 Å². The summed E-state index contributed by atoms with van der Waals surface area (Å²) in [6.45, 7) is -0.263. The molecule has 0 heterocycles. The first-order valence-electron chi connectivity index (χ1n) is 3.19. The van der Waals surface area contributed by atoms with E-state index in [-0.39, 0.29) is 19.8 Å². The van der Waals surface area contributed by atoms with Crippen molar-refractivity contribution >= 4 is 12.1 Å². The lowest BCUT2D eigenvalue weighted by Gasteiger charge is -2.03. The molecule has 1 amide bonds. The molecule has 0 radical (unpaired) electrons. The second-order valence-corrected chi connectivity index (χ2v) is 1.70. The van der Waals surface area contributed by atoms with Crippen LogP contribution in [-0.2, 0) is 14.3 Å². The van der Waals surface area contributed by atoms with Gasteiger partial charge in [-0.15, -0.1) is 0 Å². The molecule has 0 aromatic heterocycles. The summed E-state index contributed by atoms with van der Waals surface area (Å²) in [5, 5.41) is 0. The van der Waals surface area contributed by atoms with Crippen LogP contribution in [0.5, 0.6) is 0 Å². The highest BCUT2D eigenvalue weighted by Crippen LogP contribution is 1.79. The second kappa shape index (κ2) is 6.38. The molecular formula is C5H11N3O4. The van der Waals surface area contributed by atoms with Crippen LogP contribution >= 0.6 is 0 Å². The van der Waals surface area contributed by atoms with Crippen molar-refractivity contribution in [3.05, 3.63) is 0 Å². The van der Waals surface area contributed by atoms with Crippen LogP contribution in [-0.4, -0.2) is 31.8 Å². The molecule has 0 fully saturated rings. The number of ether oxygens (including phenoxy) is 2. The van der Waals surface area contributed by atoms with Crippen LogP contribution in [0.25, 0.3) is 0 Å². The van der Waals surface area contributed by atoms with Crippen molar-refractivity contribution in [1.29, 1.82) is 0 Å². The predicted molar refractivity (Wildman–Crippen MR) is 38.7 cm³/mol. The fourth-order valence-corrected chi connectivity index (χ4v) is 0.390. The van der Waals surface area contributed by atoms with Gasteiger partial charge in [-0.1, -0.05) is 0 Å². The minimum absolute atomic E-state index is 0.0244. The predicted octanol–water partition coefficient (Wildman–Crippen LogP) is -1.91. The number of hydrogen-bond donors (Lipinski definition) is 3. The standard InChI is InChI=1S/C5H11N3O4/c6-3-4(9)11-1-2-12-5(10)8-7/h1-3,6-7H2,(H,8,10). The first kappa shape index (κ1) is 10.7. The van der Waals surface area contributed by atoms with Crippen LogP contribution in [0.3, 0.4) is 0 Å². The van der Waals surface area contributed by atoms with E-state index in [9.17, 15) is 9.59 Å². The van der Waals surface area contributed by atoms with Gasteiger partial charge in [0.25, 0.3) is 0 Å². The number of hydrazine groups is 1. The highest BCUT2D eigenvalue weighted by molar-refractivity contribution is 5.71. The molecule has 0 bridgehead atoms. The highest BCUT2D eigenvalue weighted by Gasteiger charge is 2.00. The van der Waals surface area contributed by atoms with Crippen molar-refractivity contribution in [3.63, 3.8) is 0 Å². The third-order valence-electron chi connectivity index (χ3n) is 0.864. The van der Waals surface area contributed by atoms with Crippen molar-refractivity contribution in [1.82, 2.24) is 5.43 Å². The van der Waals surface area contributed by atoms with Crippen molar-refractivity contribution in [3.8, 4) is 0 Å². The van der Waals surface area contributed by atoms with E-state index >= 15 is 0 Å². The maximum absolute atomic E-state index is 10.4. The van der Waals surface area contributed by atoms with Gasteiger partial charge in [-0.3, -0.25) is 10.2 Å². The molecule has 70 valence electrons. The normalized spacial score (nSPS) is 8.83. The number of carbonyl (C=O) groups is 2. The first-order chi connectivity index (χ1) is 5.70. The Balaban J connectivity index is 3.21. The van der Waals surface area contributed by atoms with Crippen LogP contribution in [0.2, 0.25) is 0 Å². The average molecular weight is 177 g/mol. The zero-order valence-corrected chi connectivity index (χ0v) is 6.41. The van der Waals surface area contributed by atoms with Gasteiger partial charge in [0.2, 0.25) is 0 Å². The van der Waals surface area contributed by atoms with Gasteiger partial charge in [-0.05, 0) is 0 Å². The Hall–Kier alpha value is -1.34. The minimum Gasteiger partial charge on any atom is -0.461 e. The summed E-state index contributed by atoms with van der Waals surface area (Å²) in [5.74, 6) is 4.14. The quantitative estimate of drug-likeness (QED) is 0.152. The van der Waals surface area contributed by atoms with E-state index in [2.05, 4.69) is 15.3 Å². The largest absolute Gasteiger partial charge is 0.461 e. The third-order valence-corrected chi connectivity index (χ3v) is 0.864. The van der Waals surface area contributed by atoms with Crippen LogP contribution in [0, 0.1) is 0 Å². The summed E-state index contributed by atoms with van der Waals surface area (Å²) in [5.41, 5.74) is 6.67. The van der Waals surface area contributed by atoms with E-state index in [1.165, 1.54) is 0 Å². The molecule has 7 nitrogen and oxygen atoms in total. The number of amides is 1. The lowest BCUT2D eigenvalue weighted by Crippen LogP contribution is -2.31. The van der Waals surface area contributed by atoms with E-state index in [4.69, 9.17) is 5.73 Å². The molecule has 0 spiro atoms. The number of carbonyl (C=O) groups excluding carboxylic acids is 2. The molecule has 0 saturated carbocycles. The third kappa shape index (κ3) is 5.45. The zero-order chi connectivity index (χ0) is 9.40. The summed E-state index contributed by atoms with van der Waals surface area (Å²) >= 11 is 0. The summed E-state index contributed by atoms with van der Waals surface area (Å²) in [6, 6.07) is 0. The Morgan fingerprint density at radius 1 is 1.25 bits per heavy atom. The van der Waals surface area contributed by atoms with Gasteiger partial charge in [0, 0.05) is 0 Å². The van der Waals surface area contributed by atoms with E-state index < -0.39 is 12.1 Å². The Labute approximate surface area is 68.9 Å². The minimum atomic E-state index is -0.779. The van der Waals surface area contributed by atoms with Gasteiger partial charge in [-0.2, -0.15) is 0 Å². The zero-order valence-electron chi connectivity index (χ0n) is 6.41. The lowest BCUT2D eigenvalue weighted by molar-refractivity contribution is -0.142. The van der Waals surface area contributed by atoms with Gasteiger partial charge >= 0.3 is 12.1 Å². The van der Waals surface area contributed by atoms with E-state index in [0.29, 0.717) is 0 Å². The number of hydrogen-bond acceptors (Lipinski definition) is 6. The van der Waals surface area contributed by atoms with Crippen LogP contribution in [0.4, 0.5) is 4.79 Å². The Bertz CT molecular complexity index is 143. The van der Waals surface area contributed by atoms with Gasteiger partial charge in [0.05, 0.1) is 6.54 Å². The molecule has 5 N–H and O–H groups in total.